The summed E-state index contributed by atoms with van der Waals surface area (Å²) in [6.07, 6.45) is -4.45. The number of hydrogen-bond donors (Lipinski definition) is 1. The third-order valence-electron chi connectivity index (χ3n) is 4.36. The molecule has 2 aromatic heterocycles. The highest BCUT2D eigenvalue weighted by molar-refractivity contribution is 7.13. The Hall–Kier alpha value is -3.66. The van der Waals surface area contributed by atoms with Crippen molar-refractivity contribution in [1.29, 1.82) is 0 Å². The lowest BCUT2D eigenvalue weighted by Gasteiger charge is -2.09. The summed E-state index contributed by atoms with van der Waals surface area (Å²) >= 11 is 1.51. The first-order valence-corrected chi connectivity index (χ1v) is 9.87. The number of carbonyl (C=O) groups excluding carboxylic acids is 1. The first kappa shape index (κ1) is 20.6. The van der Waals surface area contributed by atoms with Gasteiger partial charge in [-0.2, -0.15) is 18.2 Å². The van der Waals surface area contributed by atoms with Gasteiger partial charge in [0.05, 0.1) is 23.2 Å². The maximum atomic E-state index is 12.7. The van der Waals surface area contributed by atoms with Crippen LogP contribution in [0.1, 0.15) is 15.9 Å². The van der Waals surface area contributed by atoms with E-state index >= 15 is 0 Å². The molecule has 0 aliphatic heterocycles. The minimum Gasteiger partial charge on any atom is -0.466 e. The number of amides is 1. The second kappa shape index (κ2) is 8.23. The molecule has 31 heavy (non-hydrogen) atoms. The summed E-state index contributed by atoms with van der Waals surface area (Å²) in [5.41, 5.74) is 0.501. The van der Waals surface area contributed by atoms with Crippen LogP contribution in [-0.4, -0.2) is 27.8 Å². The number of thiophene rings is 1. The number of nitrogens with zero attached hydrogens (tertiary/aromatic N) is 3. The number of alkyl halides is 3. The zero-order valence-electron chi connectivity index (χ0n) is 16.1. The summed E-state index contributed by atoms with van der Waals surface area (Å²) in [4.78, 5) is 17.6. The van der Waals surface area contributed by atoms with Gasteiger partial charge in [-0.25, -0.2) is 4.68 Å². The number of nitrogens with one attached hydrogen (secondary N) is 1. The molecule has 0 unspecified atom stereocenters. The Kier molecular flexibility index (Phi) is 5.47. The molecular formula is C21H15F3N4O2S. The molecule has 4 aromatic rings. The van der Waals surface area contributed by atoms with Crippen molar-refractivity contribution in [3.63, 3.8) is 0 Å². The van der Waals surface area contributed by atoms with Gasteiger partial charge in [0.1, 0.15) is 0 Å². The third kappa shape index (κ3) is 4.43. The van der Waals surface area contributed by atoms with Crippen molar-refractivity contribution in [2.24, 2.45) is 0 Å². The molecule has 0 radical (unpaired) electrons. The Balaban J connectivity index is 1.53. The standard InChI is InChI=1S/C21H15F3N4O2S/c1-30-20-26-18(17-3-2-12-31-17)28(27-20)16-10-8-15(9-11-16)25-19(29)13-4-6-14(7-5-13)21(22,23)24/h2-12H,1H3,(H,25,29). The van der Waals surface area contributed by atoms with E-state index in [0.29, 0.717) is 17.2 Å². The highest BCUT2D eigenvalue weighted by Gasteiger charge is 2.30. The highest BCUT2D eigenvalue weighted by Crippen LogP contribution is 2.30. The molecule has 0 atom stereocenters. The number of halogens is 3. The predicted molar refractivity (Wildman–Crippen MR) is 111 cm³/mol. The molecule has 6 nitrogen and oxygen atoms in total. The average Bonchev–Trinajstić information content (AvgIpc) is 3.43. The minimum atomic E-state index is -4.45. The van der Waals surface area contributed by atoms with Crippen molar-refractivity contribution in [2.75, 3.05) is 12.4 Å². The van der Waals surface area contributed by atoms with Crippen LogP contribution in [0, 0.1) is 0 Å². The van der Waals surface area contributed by atoms with E-state index in [1.165, 1.54) is 18.4 Å². The molecule has 0 spiro atoms. The van der Waals surface area contributed by atoms with Crippen molar-refractivity contribution in [3.8, 4) is 22.4 Å². The smallest absolute Gasteiger partial charge is 0.416 e. The van der Waals surface area contributed by atoms with Gasteiger partial charge in [0.25, 0.3) is 5.91 Å². The Morgan fingerprint density at radius 2 is 1.77 bits per heavy atom. The number of aromatic nitrogens is 3. The van der Waals surface area contributed by atoms with Crippen LogP contribution in [0.15, 0.2) is 66.0 Å². The lowest BCUT2D eigenvalue weighted by atomic mass is 10.1. The Morgan fingerprint density at radius 3 is 2.35 bits per heavy atom. The predicted octanol–water partition coefficient (Wildman–Crippen LogP) is 5.28. The van der Waals surface area contributed by atoms with Crippen LogP contribution in [-0.2, 0) is 6.18 Å². The zero-order valence-corrected chi connectivity index (χ0v) is 16.9. The largest absolute Gasteiger partial charge is 0.466 e. The second-order valence-electron chi connectivity index (χ2n) is 6.39. The van der Waals surface area contributed by atoms with Gasteiger partial charge in [0, 0.05) is 11.3 Å². The van der Waals surface area contributed by atoms with Crippen LogP contribution in [0.25, 0.3) is 16.4 Å². The van der Waals surface area contributed by atoms with Crippen LogP contribution < -0.4 is 10.1 Å². The van der Waals surface area contributed by atoms with Crippen molar-refractivity contribution in [1.82, 2.24) is 14.8 Å². The minimum absolute atomic E-state index is 0.123. The van der Waals surface area contributed by atoms with Crippen LogP contribution in [0.3, 0.4) is 0 Å². The summed E-state index contributed by atoms with van der Waals surface area (Å²) < 4.78 is 44.8. The first-order chi connectivity index (χ1) is 14.8. The molecule has 10 heteroatoms. The molecule has 0 fully saturated rings. The third-order valence-corrected chi connectivity index (χ3v) is 5.22. The second-order valence-corrected chi connectivity index (χ2v) is 7.34. The van der Waals surface area contributed by atoms with Crippen molar-refractivity contribution >= 4 is 22.9 Å². The van der Waals surface area contributed by atoms with Gasteiger partial charge in [-0.3, -0.25) is 4.79 Å². The summed E-state index contributed by atoms with van der Waals surface area (Å²) in [6, 6.07) is 14.9. The summed E-state index contributed by atoms with van der Waals surface area (Å²) in [7, 11) is 1.48. The fourth-order valence-electron chi connectivity index (χ4n) is 2.82. The van der Waals surface area contributed by atoms with E-state index in [2.05, 4.69) is 15.4 Å². The first-order valence-electron chi connectivity index (χ1n) is 8.99. The lowest BCUT2D eigenvalue weighted by Crippen LogP contribution is -2.13. The molecule has 0 aliphatic rings. The topological polar surface area (TPSA) is 69.0 Å². The molecule has 0 aliphatic carbocycles. The zero-order chi connectivity index (χ0) is 22.0. The van der Waals surface area contributed by atoms with Gasteiger partial charge in [0.2, 0.25) is 0 Å². The lowest BCUT2D eigenvalue weighted by molar-refractivity contribution is -0.137. The Labute approximate surface area is 178 Å². The fraction of sp³-hybridized carbons (Fsp3) is 0.0952. The number of ether oxygens (including phenoxy) is 1. The number of benzene rings is 2. The molecule has 1 amide bonds. The highest BCUT2D eigenvalue weighted by atomic mass is 32.1. The number of carbonyl (C=O) groups is 1. The molecule has 2 heterocycles. The number of rotatable bonds is 5. The maximum Gasteiger partial charge on any atom is 0.416 e. The fourth-order valence-corrected chi connectivity index (χ4v) is 3.52. The van der Waals surface area contributed by atoms with Crippen LogP contribution in [0.5, 0.6) is 6.01 Å². The van der Waals surface area contributed by atoms with Gasteiger partial charge in [-0.1, -0.05) is 6.07 Å². The Bertz CT molecular complexity index is 1190. The molecule has 0 bridgehead atoms. The van der Waals surface area contributed by atoms with E-state index in [4.69, 9.17) is 4.74 Å². The van der Waals surface area contributed by atoms with E-state index in [9.17, 15) is 18.0 Å². The van der Waals surface area contributed by atoms with Gasteiger partial charge in [-0.15, -0.1) is 16.4 Å². The van der Waals surface area contributed by atoms with Crippen molar-refractivity contribution in [3.05, 3.63) is 77.2 Å². The van der Waals surface area contributed by atoms with Gasteiger partial charge in [-0.05, 0) is 60.0 Å². The normalized spacial score (nSPS) is 11.4. The van der Waals surface area contributed by atoms with Crippen molar-refractivity contribution in [2.45, 2.75) is 6.18 Å². The van der Waals surface area contributed by atoms with E-state index in [1.807, 2.05) is 17.5 Å². The Morgan fingerprint density at radius 1 is 1.06 bits per heavy atom. The molecule has 0 saturated heterocycles. The summed E-state index contributed by atoms with van der Waals surface area (Å²) in [6.45, 7) is 0. The molecule has 2 aromatic carbocycles. The molecule has 0 saturated carbocycles. The van der Waals surface area contributed by atoms with Crippen LogP contribution >= 0.6 is 11.3 Å². The average molecular weight is 444 g/mol. The van der Waals surface area contributed by atoms with Crippen molar-refractivity contribution < 1.29 is 22.7 Å². The summed E-state index contributed by atoms with van der Waals surface area (Å²) in [5.74, 6) is 0.108. The van der Waals surface area contributed by atoms with E-state index in [0.717, 1.165) is 29.1 Å². The monoisotopic (exact) mass is 444 g/mol. The maximum absolute atomic E-state index is 12.7. The SMILES string of the molecule is COc1nc(-c2cccs2)n(-c2ccc(NC(=O)c3ccc(C(F)(F)F)cc3)cc2)n1. The van der Waals surface area contributed by atoms with Gasteiger partial charge >= 0.3 is 12.2 Å². The molecule has 158 valence electrons. The number of hydrogen-bond acceptors (Lipinski definition) is 5. The number of anilines is 1. The van der Waals surface area contributed by atoms with Crippen LogP contribution in [0.2, 0.25) is 0 Å². The molecular weight excluding hydrogens is 429 g/mol. The van der Waals surface area contributed by atoms with Crippen LogP contribution in [0.4, 0.5) is 18.9 Å². The van der Waals surface area contributed by atoms with Gasteiger partial charge in [0.15, 0.2) is 5.82 Å². The van der Waals surface area contributed by atoms with Gasteiger partial charge < -0.3 is 10.1 Å². The summed E-state index contributed by atoms with van der Waals surface area (Å²) in [5, 5.41) is 8.93. The number of methoxy groups -OCH3 is 1. The quantitative estimate of drug-likeness (QED) is 0.455. The van der Waals surface area contributed by atoms with E-state index in [1.54, 1.807) is 28.9 Å². The molecule has 4 rings (SSSR count). The molecule has 1 N–H and O–H groups in total. The van der Waals surface area contributed by atoms with E-state index < -0.39 is 17.6 Å². The van der Waals surface area contributed by atoms with E-state index in [-0.39, 0.29) is 11.6 Å².